The zero-order chi connectivity index (χ0) is 13.4. The molecule has 0 saturated heterocycles. The zero-order valence-corrected chi connectivity index (χ0v) is 10.2. The van der Waals surface area contributed by atoms with Gasteiger partial charge in [-0.1, -0.05) is 12.1 Å². The third-order valence-electron chi connectivity index (χ3n) is 3.43. The van der Waals surface area contributed by atoms with E-state index in [1.807, 2.05) is 12.1 Å². The second-order valence-corrected chi connectivity index (χ2v) is 4.75. The Hall–Kier alpha value is -2.36. The molecule has 0 spiro atoms. The monoisotopic (exact) mass is 258 g/mol. The third kappa shape index (κ3) is 2.17. The summed E-state index contributed by atoms with van der Waals surface area (Å²) in [6.45, 7) is 0.516. The number of rotatable bonds is 1. The minimum Gasteiger partial charge on any atom is -0.508 e. The minimum absolute atomic E-state index is 0.131. The molecule has 19 heavy (non-hydrogen) atoms. The van der Waals surface area contributed by atoms with Gasteiger partial charge in [0.25, 0.3) is 0 Å². The highest BCUT2D eigenvalue weighted by molar-refractivity contribution is 5.50. The zero-order valence-electron chi connectivity index (χ0n) is 10.2. The number of ether oxygens (including phenoxy) is 1. The largest absolute Gasteiger partial charge is 0.508 e. The van der Waals surface area contributed by atoms with Crippen molar-refractivity contribution in [2.24, 2.45) is 0 Å². The maximum Gasteiger partial charge on any atom is 0.161 e. The summed E-state index contributed by atoms with van der Waals surface area (Å²) in [4.78, 5) is 0. The first-order valence-corrected chi connectivity index (χ1v) is 6.10. The standard InChI is InChI=1S/C15H14O4/c16-12-3-1-9(2-4-12)11-5-10-6-13(17)14(18)7-15(10)19-8-11/h1-4,6-7,11,16-18H,5,8H2/t11-/m1/s1. The van der Waals surface area contributed by atoms with Gasteiger partial charge in [0.1, 0.15) is 11.5 Å². The van der Waals surface area contributed by atoms with Crippen molar-refractivity contribution >= 4 is 0 Å². The number of phenolic OH excluding ortho intramolecular Hbond substituents is 3. The molecule has 3 N–H and O–H groups in total. The summed E-state index contributed by atoms with van der Waals surface area (Å²) in [5.74, 6) is 0.737. The molecule has 3 rings (SSSR count). The van der Waals surface area contributed by atoms with Crippen molar-refractivity contribution in [2.75, 3.05) is 6.61 Å². The van der Waals surface area contributed by atoms with Crippen molar-refractivity contribution in [3.05, 3.63) is 47.5 Å². The van der Waals surface area contributed by atoms with Crippen LogP contribution in [0.3, 0.4) is 0 Å². The van der Waals surface area contributed by atoms with Crippen molar-refractivity contribution in [3.63, 3.8) is 0 Å². The molecule has 1 aliphatic rings. The van der Waals surface area contributed by atoms with Crippen LogP contribution in [0.15, 0.2) is 36.4 Å². The van der Waals surface area contributed by atoms with Crippen molar-refractivity contribution in [1.29, 1.82) is 0 Å². The van der Waals surface area contributed by atoms with Gasteiger partial charge in [-0.2, -0.15) is 0 Å². The molecule has 1 heterocycles. The molecular weight excluding hydrogens is 244 g/mol. The molecular formula is C15H14O4. The van der Waals surface area contributed by atoms with Gasteiger partial charge in [0.15, 0.2) is 11.5 Å². The van der Waals surface area contributed by atoms with Gasteiger partial charge >= 0.3 is 0 Å². The molecule has 4 nitrogen and oxygen atoms in total. The van der Waals surface area contributed by atoms with Gasteiger partial charge in [-0.05, 0) is 35.7 Å². The van der Waals surface area contributed by atoms with Crippen LogP contribution in [-0.2, 0) is 6.42 Å². The van der Waals surface area contributed by atoms with E-state index in [9.17, 15) is 15.3 Å². The van der Waals surface area contributed by atoms with E-state index >= 15 is 0 Å². The van der Waals surface area contributed by atoms with E-state index in [1.54, 1.807) is 12.1 Å². The molecule has 0 bridgehead atoms. The molecule has 0 amide bonds. The Morgan fingerprint density at radius 2 is 1.63 bits per heavy atom. The molecule has 0 saturated carbocycles. The van der Waals surface area contributed by atoms with Gasteiger partial charge < -0.3 is 20.1 Å². The summed E-state index contributed by atoms with van der Waals surface area (Å²) in [6.07, 6.45) is 0.730. The Morgan fingerprint density at radius 3 is 2.37 bits per heavy atom. The highest BCUT2D eigenvalue weighted by atomic mass is 16.5. The maximum absolute atomic E-state index is 9.53. The van der Waals surface area contributed by atoms with E-state index in [4.69, 9.17) is 4.74 Å². The highest BCUT2D eigenvalue weighted by Gasteiger charge is 2.23. The first kappa shape index (κ1) is 11.7. The number of phenols is 3. The molecule has 1 atom stereocenters. The Bertz CT molecular complexity index is 604. The lowest BCUT2D eigenvalue weighted by Gasteiger charge is -2.26. The van der Waals surface area contributed by atoms with Gasteiger partial charge in [-0.3, -0.25) is 0 Å². The van der Waals surface area contributed by atoms with Crippen LogP contribution in [0.1, 0.15) is 17.0 Å². The fraction of sp³-hybridized carbons (Fsp3) is 0.200. The van der Waals surface area contributed by atoms with E-state index in [0.29, 0.717) is 12.4 Å². The lowest BCUT2D eigenvalue weighted by atomic mass is 9.90. The summed E-state index contributed by atoms with van der Waals surface area (Å²) < 4.78 is 5.62. The van der Waals surface area contributed by atoms with E-state index in [1.165, 1.54) is 12.1 Å². The van der Waals surface area contributed by atoms with Crippen LogP contribution in [0.4, 0.5) is 0 Å². The van der Waals surface area contributed by atoms with Crippen LogP contribution < -0.4 is 4.74 Å². The second-order valence-electron chi connectivity index (χ2n) is 4.75. The normalized spacial score (nSPS) is 17.6. The number of benzene rings is 2. The average molecular weight is 258 g/mol. The number of hydrogen-bond acceptors (Lipinski definition) is 4. The van der Waals surface area contributed by atoms with Crippen LogP contribution in [0, 0.1) is 0 Å². The lowest BCUT2D eigenvalue weighted by Crippen LogP contribution is -2.19. The fourth-order valence-corrected chi connectivity index (χ4v) is 2.37. The van der Waals surface area contributed by atoms with Crippen molar-refractivity contribution in [1.82, 2.24) is 0 Å². The van der Waals surface area contributed by atoms with Crippen molar-refractivity contribution in [2.45, 2.75) is 12.3 Å². The Kier molecular flexibility index (Phi) is 2.71. The lowest BCUT2D eigenvalue weighted by molar-refractivity contribution is 0.259. The van der Waals surface area contributed by atoms with Gasteiger partial charge in [-0.25, -0.2) is 0 Å². The Morgan fingerprint density at radius 1 is 0.947 bits per heavy atom. The van der Waals surface area contributed by atoms with Gasteiger partial charge in [0, 0.05) is 12.0 Å². The summed E-state index contributed by atoms with van der Waals surface area (Å²) in [5, 5.41) is 28.2. The molecule has 0 aliphatic carbocycles. The maximum atomic E-state index is 9.53. The molecule has 0 fully saturated rings. The quantitative estimate of drug-likeness (QED) is 0.687. The number of fused-ring (bicyclic) bond motifs is 1. The summed E-state index contributed by atoms with van der Waals surface area (Å²) in [6, 6.07) is 10.0. The third-order valence-corrected chi connectivity index (χ3v) is 3.43. The van der Waals surface area contributed by atoms with Gasteiger partial charge in [0.2, 0.25) is 0 Å². The van der Waals surface area contributed by atoms with Crippen molar-refractivity contribution < 1.29 is 20.1 Å². The predicted octanol–water partition coefficient (Wildman–Crippen LogP) is 2.52. The van der Waals surface area contributed by atoms with Gasteiger partial charge in [-0.15, -0.1) is 0 Å². The van der Waals surface area contributed by atoms with Crippen LogP contribution in [-0.4, -0.2) is 21.9 Å². The van der Waals surface area contributed by atoms with Crippen LogP contribution in [0.25, 0.3) is 0 Å². The van der Waals surface area contributed by atoms with E-state index in [-0.39, 0.29) is 23.2 Å². The molecule has 2 aromatic carbocycles. The summed E-state index contributed by atoms with van der Waals surface area (Å²) in [7, 11) is 0. The average Bonchev–Trinajstić information content (AvgIpc) is 2.40. The number of hydrogen-bond donors (Lipinski definition) is 3. The molecule has 0 aromatic heterocycles. The van der Waals surface area contributed by atoms with Crippen molar-refractivity contribution in [3.8, 4) is 23.0 Å². The van der Waals surface area contributed by atoms with Gasteiger partial charge in [0.05, 0.1) is 6.61 Å². The van der Waals surface area contributed by atoms with Crippen LogP contribution in [0.2, 0.25) is 0 Å². The molecule has 98 valence electrons. The first-order chi connectivity index (χ1) is 9.13. The Balaban J connectivity index is 1.89. The van der Waals surface area contributed by atoms with Crippen LogP contribution in [0.5, 0.6) is 23.0 Å². The second kappa shape index (κ2) is 4.39. The van der Waals surface area contributed by atoms with Crippen LogP contribution >= 0.6 is 0 Å². The molecule has 2 aromatic rings. The smallest absolute Gasteiger partial charge is 0.161 e. The van der Waals surface area contributed by atoms with E-state index < -0.39 is 0 Å². The fourth-order valence-electron chi connectivity index (χ4n) is 2.37. The number of aromatic hydroxyl groups is 3. The summed E-state index contributed by atoms with van der Waals surface area (Å²) >= 11 is 0. The minimum atomic E-state index is -0.165. The molecule has 0 radical (unpaired) electrons. The summed E-state index contributed by atoms with van der Waals surface area (Å²) in [5.41, 5.74) is 1.95. The molecule has 0 unspecified atom stereocenters. The SMILES string of the molecule is Oc1ccc([C@H]2COc3cc(O)c(O)cc3C2)cc1. The first-order valence-electron chi connectivity index (χ1n) is 6.10. The highest BCUT2D eigenvalue weighted by Crippen LogP contribution is 2.39. The Labute approximate surface area is 110 Å². The topological polar surface area (TPSA) is 69.9 Å². The predicted molar refractivity (Wildman–Crippen MR) is 69.8 cm³/mol. The molecule has 4 heteroatoms. The van der Waals surface area contributed by atoms with E-state index in [0.717, 1.165) is 17.5 Å². The molecule has 1 aliphatic heterocycles. The van der Waals surface area contributed by atoms with E-state index in [2.05, 4.69) is 0 Å².